The van der Waals surface area contributed by atoms with Crippen LogP contribution in [0.1, 0.15) is 0 Å². The maximum atomic E-state index is 10.3. The summed E-state index contributed by atoms with van der Waals surface area (Å²) in [5.41, 5.74) is 4.72. The molecule has 2 nitrogen and oxygen atoms in total. The molecule has 2 aromatic rings. The first-order valence-corrected chi connectivity index (χ1v) is 4.44. The van der Waals surface area contributed by atoms with Crippen LogP contribution < -0.4 is 5.48 Å². The Kier molecular flexibility index (Phi) is 2.47. The Morgan fingerprint density at radius 1 is 0.714 bits per heavy atom. The highest BCUT2D eigenvalue weighted by molar-refractivity contribution is 5.65. The van der Waals surface area contributed by atoms with Gasteiger partial charge in [0.05, 0.1) is 5.69 Å². The van der Waals surface area contributed by atoms with Crippen LogP contribution in [0.3, 0.4) is 0 Å². The second-order valence-electron chi connectivity index (χ2n) is 3.05. The van der Waals surface area contributed by atoms with Crippen molar-refractivity contribution in [2.24, 2.45) is 0 Å². The van der Waals surface area contributed by atoms with Gasteiger partial charge in [0.15, 0.2) is 0 Å². The van der Waals surface area contributed by atoms with Gasteiger partial charge >= 0.3 is 0 Å². The fourth-order valence-corrected chi connectivity index (χ4v) is 1.36. The van der Waals surface area contributed by atoms with Gasteiger partial charge in [-0.25, -0.2) is 5.48 Å². The maximum absolute atomic E-state index is 10.3. The largest absolute Gasteiger partial charge is 0.233 e. The van der Waals surface area contributed by atoms with Crippen LogP contribution in [0.5, 0.6) is 0 Å². The third-order valence-electron chi connectivity index (χ3n) is 2.11. The molecule has 0 amide bonds. The lowest BCUT2D eigenvalue weighted by molar-refractivity contribution is 0.274. The molecule has 1 radical (unpaired) electrons. The molecule has 1 N–H and O–H groups in total. The zero-order valence-electron chi connectivity index (χ0n) is 7.60. The number of rotatable bonds is 2. The normalized spacial score (nSPS) is 9.79. The zero-order valence-corrected chi connectivity index (χ0v) is 7.60. The standard InChI is InChI=1S/C12H10NO/c14-13-12-8-6-11(7-9-12)10-4-2-1-3-5-10/h1-9,13H. The van der Waals surface area contributed by atoms with Crippen molar-refractivity contribution in [3.05, 3.63) is 54.6 Å². The van der Waals surface area contributed by atoms with E-state index < -0.39 is 0 Å². The number of nitrogens with one attached hydrogen (secondary N) is 1. The van der Waals surface area contributed by atoms with Crippen LogP contribution in [-0.2, 0) is 5.21 Å². The van der Waals surface area contributed by atoms with Gasteiger partial charge in [0.1, 0.15) is 0 Å². The van der Waals surface area contributed by atoms with Crippen molar-refractivity contribution >= 4 is 5.69 Å². The summed E-state index contributed by atoms with van der Waals surface area (Å²) in [6.07, 6.45) is 0. The highest BCUT2D eigenvalue weighted by Gasteiger charge is 1.95. The summed E-state index contributed by atoms with van der Waals surface area (Å²) in [7, 11) is 0. The number of hydrogen-bond donors (Lipinski definition) is 1. The van der Waals surface area contributed by atoms with Crippen LogP contribution in [0.15, 0.2) is 54.6 Å². The van der Waals surface area contributed by atoms with Crippen LogP contribution in [0.4, 0.5) is 5.69 Å². The molecule has 0 aromatic heterocycles. The third kappa shape index (κ3) is 1.75. The van der Waals surface area contributed by atoms with E-state index in [0.29, 0.717) is 5.69 Å². The molecule has 0 saturated carbocycles. The Labute approximate surface area is 82.8 Å². The van der Waals surface area contributed by atoms with Gasteiger partial charge < -0.3 is 0 Å². The molecule has 0 saturated heterocycles. The summed E-state index contributed by atoms with van der Waals surface area (Å²) >= 11 is 0. The molecule has 0 heterocycles. The molecule has 0 fully saturated rings. The number of benzene rings is 2. The van der Waals surface area contributed by atoms with E-state index in [1.165, 1.54) is 0 Å². The summed E-state index contributed by atoms with van der Waals surface area (Å²) in [5, 5.41) is 10.3. The Hall–Kier alpha value is -1.80. The van der Waals surface area contributed by atoms with Crippen LogP contribution in [0.25, 0.3) is 11.1 Å². The molecule has 0 bridgehead atoms. The molecule has 69 valence electrons. The van der Waals surface area contributed by atoms with Crippen LogP contribution in [0.2, 0.25) is 0 Å². The van der Waals surface area contributed by atoms with Gasteiger partial charge in [0.25, 0.3) is 0 Å². The highest BCUT2D eigenvalue weighted by Crippen LogP contribution is 2.20. The van der Waals surface area contributed by atoms with E-state index in [1.54, 1.807) is 12.1 Å². The molecule has 2 heteroatoms. The molecule has 0 aliphatic carbocycles. The monoisotopic (exact) mass is 184 g/mol. The first kappa shape index (κ1) is 8.78. The smallest absolute Gasteiger partial charge is 0.0636 e. The van der Waals surface area contributed by atoms with Crippen molar-refractivity contribution in [1.29, 1.82) is 0 Å². The molecule has 0 unspecified atom stereocenters. The van der Waals surface area contributed by atoms with Crippen molar-refractivity contribution in [2.45, 2.75) is 0 Å². The topological polar surface area (TPSA) is 31.9 Å². The fourth-order valence-electron chi connectivity index (χ4n) is 1.36. The van der Waals surface area contributed by atoms with Gasteiger partial charge in [-0.3, -0.25) is 0 Å². The second-order valence-corrected chi connectivity index (χ2v) is 3.05. The van der Waals surface area contributed by atoms with E-state index in [2.05, 4.69) is 0 Å². The Bertz CT molecular complexity index is 394. The Morgan fingerprint density at radius 3 is 1.86 bits per heavy atom. The molecule has 0 aliphatic rings. The van der Waals surface area contributed by atoms with E-state index >= 15 is 0 Å². The highest BCUT2D eigenvalue weighted by atomic mass is 16.5. The van der Waals surface area contributed by atoms with Crippen LogP contribution in [-0.4, -0.2) is 0 Å². The lowest BCUT2D eigenvalue weighted by Gasteiger charge is -2.01. The van der Waals surface area contributed by atoms with Crippen molar-refractivity contribution in [1.82, 2.24) is 0 Å². The second kappa shape index (κ2) is 3.94. The predicted molar refractivity (Wildman–Crippen MR) is 56.2 cm³/mol. The Balaban J connectivity index is 2.34. The van der Waals surface area contributed by atoms with E-state index in [1.807, 2.05) is 47.9 Å². The zero-order chi connectivity index (χ0) is 9.80. The minimum absolute atomic E-state index is 0.588. The van der Waals surface area contributed by atoms with Crippen LogP contribution in [0, 0.1) is 0 Å². The number of anilines is 1. The summed E-state index contributed by atoms with van der Waals surface area (Å²) in [4.78, 5) is 0. The predicted octanol–water partition coefficient (Wildman–Crippen LogP) is 3.11. The molecule has 2 aromatic carbocycles. The number of hydrogen-bond acceptors (Lipinski definition) is 1. The van der Waals surface area contributed by atoms with Crippen LogP contribution >= 0.6 is 0 Å². The van der Waals surface area contributed by atoms with E-state index in [4.69, 9.17) is 0 Å². The van der Waals surface area contributed by atoms with Gasteiger partial charge in [-0.15, -0.1) is 0 Å². The third-order valence-corrected chi connectivity index (χ3v) is 2.11. The first-order chi connectivity index (χ1) is 6.90. The quantitative estimate of drug-likeness (QED) is 0.714. The van der Waals surface area contributed by atoms with E-state index in [-0.39, 0.29) is 0 Å². The first-order valence-electron chi connectivity index (χ1n) is 4.44. The van der Waals surface area contributed by atoms with Gasteiger partial charge in [-0.1, -0.05) is 47.7 Å². The van der Waals surface area contributed by atoms with Gasteiger partial charge in [0, 0.05) is 0 Å². The molecule has 0 aliphatic heterocycles. The minimum Gasteiger partial charge on any atom is -0.233 e. The SMILES string of the molecule is [O]Nc1ccc(-c2ccccc2)cc1. The molecular formula is C12H10NO. The molecular weight excluding hydrogens is 174 g/mol. The Morgan fingerprint density at radius 2 is 1.29 bits per heavy atom. The minimum atomic E-state index is 0.588. The molecule has 14 heavy (non-hydrogen) atoms. The van der Waals surface area contributed by atoms with Gasteiger partial charge in [-0.2, -0.15) is 0 Å². The summed E-state index contributed by atoms with van der Waals surface area (Å²) in [6, 6.07) is 17.5. The van der Waals surface area contributed by atoms with Gasteiger partial charge in [0.2, 0.25) is 0 Å². The van der Waals surface area contributed by atoms with Crippen molar-refractivity contribution in [2.75, 3.05) is 5.48 Å². The van der Waals surface area contributed by atoms with Crippen molar-refractivity contribution in [3.63, 3.8) is 0 Å². The lowest BCUT2D eigenvalue weighted by atomic mass is 10.1. The molecule has 0 atom stereocenters. The average molecular weight is 184 g/mol. The average Bonchev–Trinajstić information content (AvgIpc) is 2.30. The molecule has 0 spiro atoms. The van der Waals surface area contributed by atoms with Crippen molar-refractivity contribution < 1.29 is 5.21 Å². The van der Waals surface area contributed by atoms with E-state index in [9.17, 15) is 5.21 Å². The fraction of sp³-hybridized carbons (Fsp3) is 0. The summed E-state index contributed by atoms with van der Waals surface area (Å²) < 4.78 is 0. The summed E-state index contributed by atoms with van der Waals surface area (Å²) in [6.45, 7) is 0. The van der Waals surface area contributed by atoms with E-state index in [0.717, 1.165) is 11.1 Å². The van der Waals surface area contributed by atoms with Gasteiger partial charge in [-0.05, 0) is 23.3 Å². The summed E-state index contributed by atoms with van der Waals surface area (Å²) in [5.74, 6) is 0. The lowest BCUT2D eigenvalue weighted by Crippen LogP contribution is -1.85. The molecule has 2 rings (SSSR count). The van der Waals surface area contributed by atoms with Crippen molar-refractivity contribution in [3.8, 4) is 11.1 Å². The maximum Gasteiger partial charge on any atom is 0.0636 e.